The van der Waals surface area contributed by atoms with E-state index in [0.29, 0.717) is 18.9 Å². The average Bonchev–Trinajstić information content (AvgIpc) is 3.05. The zero-order chi connectivity index (χ0) is 15.5. The Labute approximate surface area is 131 Å². The minimum Gasteiger partial charge on any atom is -0.342 e. The largest absolute Gasteiger partial charge is 0.342 e. The summed E-state index contributed by atoms with van der Waals surface area (Å²) in [6.45, 7) is 5.70. The Balaban J connectivity index is 1.74. The normalized spacial score (nSPS) is 18.2. The van der Waals surface area contributed by atoms with Crippen molar-refractivity contribution in [2.45, 2.75) is 39.7 Å². The predicted octanol–water partition coefficient (Wildman–Crippen LogP) is 3.53. The topological polar surface area (TPSA) is 49.0 Å². The van der Waals surface area contributed by atoms with Crippen molar-refractivity contribution in [3.8, 4) is 11.4 Å². The number of hydrogen-bond donors (Lipinski definition) is 1. The van der Waals surface area contributed by atoms with Crippen molar-refractivity contribution in [1.82, 2.24) is 14.9 Å². The molecule has 1 amide bonds. The fourth-order valence-electron chi connectivity index (χ4n) is 3.17. The Morgan fingerprint density at radius 1 is 1.32 bits per heavy atom. The quantitative estimate of drug-likeness (QED) is 0.917. The van der Waals surface area contributed by atoms with E-state index in [2.05, 4.69) is 11.9 Å². The van der Waals surface area contributed by atoms with Gasteiger partial charge in [0.15, 0.2) is 0 Å². The van der Waals surface area contributed by atoms with E-state index in [1.54, 1.807) is 0 Å². The molecule has 1 aliphatic rings. The second-order valence-corrected chi connectivity index (χ2v) is 6.16. The van der Waals surface area contributed by atoms with Gasteiger partial charge in [-0.3, -0.25) is 4.79 Å². The van der Waals surface area contributed by atoms with Gasteiger partial charge in [0.2, 0.25) is 5.91 Å². The number of aryl methyl sites for hydroxylation is 1. The van der Waals surface area contributed by atoms with Crippen molar-refractivity contribution >= 4 is 5.91 Å². The highest BCUT2D eigenvalue weighted by Gasteiger charge is 2.29. The number of carbonyl (C=O) groups is 1. The van der Waals surface area contributed by atoms with Gasteiger partial charge < -0.3 is 9.88 Å². The summed E-state index contributed by atoms with van der Waals surface area (Å²) in [5, 5.41) is 0. The standard InChI is InChI=1S/C18H23N3O/c1-3-7-14-10-17(22)21(11-14)12-16-13(2)19-18(20-16)15-8-5-4-6-9-15/h4-6,8-9,14H,3,7,10-12H2,1-2H3,(H,19,20). The Kier molecular flexibility index (Phi) is 4.27. The molecule has 1 aromatic carbocycles. The number of nitrogens with one attached hydrogen (secondary N) is 1. The molecule has 1 unspecified atom stereocenters. The molecular weight excluding hydrogens is 274 g/mol. The smallest absolute Gasteiger partial charge is 0.223 e. The molecule has 1 fully saturated rings. The number of imidazole rings is 1. The van der Waals surface area contributed by atoms with Gasteiger partial charge >= 0.3 is 0 Å². The molecule has 4 heteroatoms. The number of aromatic nitrogens is 2. The molecule has 0 aliphatic carbocycles. The van der Waals surface area contributed by atoms with E-state index in [0.717, 1.165) is 42.2 Å². The summed E-state index contributed by atoms with van der Waals surface area (Å²) in [5.41, 5.74) is 3.10. The Bertz CT molecular complexity index is 648. The first-order valence-corrected chi connectivity index (χ1v) is 8.06. The molecule has 1 saturated heterocycles. The van der Waals surface area contributed by atoms with Crippen molar-refractivity contribution in [2.75, 3.05) is 6.54 Å². The fraction of sp³-hybridized carbons (Fsp3) is 0.444. The van der Waals surface area contributed by atoms with Crippen LogP contribution in [0.1, 0.15) is 37.6 Å². The minimum absolute atomic E-state index is 0.266. The maximum atomic E-state index is 12.1. The maximum Gasteiger partial charge on any atom is 0.223 e. The molecule has 2 aromatic rings. The highest BCUT2D eigenvalue weighted by atomic mass is 16.2. The number of H-pyrrole nitrogens is 1. The minimum atomic E-state index is 0.266. The van der Waals surface area contributed by atoms with Crippen LogP contribution in [0.15, 0.2) is 30.3 Å². The number of aromatic amines is 1. The molecule has 1 aromatic heterocycles. The van der Waals surface area contributed by atoms with E-state index in [1.165, 1.54) is 0 Å². The van der Waals surface area contributed by atoms with Crippen LogP contribution in [0.4, 0.5) is 0 Å². The van der Waals surface area contributed by atoms with E-state index in [4.69, 9.17) is 4.98 Å². The summed E-state index contributed by atoms with van der Waals surface area (Å²) in [5.74, 6) is 1.66. The Morgan fingerprint density at radius 3 is 2.82 bits per heavy atom. The second-order valence-electron chi connectivity index (χ2n) is 6.16. The summed E-state index contributed by atoms with van der Waals surface area (Å²) in [6.07, 6.45) is 2.98. The van der Waals surface area contributed by atoms with Crippen LogP contribution in [0, 0.1) is 12.8 Å². The highest BCUT2D eigenvalue weighted by molar-refractivity contribution is 5.78. The van der Waals surface area contributed by atoms with Crippen molar-refractivity contribution < 1.29 is 4.79 Å². The monoisotopic (exact) mass is 297 g/mol. The molecule has 3 rings (SSSR count). The first-order chi connectivity index (χ1) is 10.7. The van der Waals surface area contributed by atoms with Crippen LogP contribution in [0.25, 0.3) is 11.4 Å². The summed E-state index contributed by atoms with van der Waals surface area (Å²) >= 11 is 0. The third-order valence-corrected chi connectivity index (χ3v) is 4.36. The lowest BCUT2D eigenvalue weighted by Crippen LogP contribution is -2.25. The Hall–Kier alpha value is -2.10. The number of amides is 1. The van der Waals surface area contributed by atoms with Crippen LogP contribution >= 0.6 is 0 Å². The summed E-state index contributed by atoms with van der Waals surface area (Å²) in [4.78, 5) is 22.1. The van der Waals surface area contributed by atoms with Gasteiger partial charge in [-0.1, -0.05) is 43.7 Å². The van der Waals surface area contributed by atoms with Gasteiger partial charge in [0.05, 0.1) is 12.2 Å². The predicted molar refractivity (Wildman–Crippen MR) is 87.2 cm³/mol. The van der Waals surface area contributed by atoms with Gasteiger partial charge in [-0.25, -0.2) is 4.98 Å². The number of hydrogen-bond acceptors (Lipinski definition) is 2. The van der Waals surface area contributed by atoms with Crippen molar-refractivity contribution in [3.05, 3.63) is 41.7 Å². The molecule has 22 heavy (non-hydrogen) atoms. The molecule has 1 aliphatic heterocycles. The van der Waals surface area contributed by atoms with Crippen LogP contribution in [-0.4, -0.2) is 27.3 Å². The zero-order valence-corrected chi connectivity index (χ0v) is 13.3. The van der Waals surface area contributed by atoms with E-state index >= 15 is 0 Å². The van der Waals surface area contributed by atoms with Crippen molar-refractivity contribution in [1.29, 1.82) is 0 Å². The molecule has 0 radical (unpaired) electrons. The van der Waals surface area contributed by atoms with Gasteiger partial charge in [0, 0.05) is 24.2 Å². The number of rotatable bonds is 5. The molecule has 0 spiro atoms. The number of benzene rings is 1. The molecule has 116 valence electrons. The van der Waals surface area contributed by atoms with E-state index in [-0.39, 0.29) is 5.91 Å². The third-order valence-electron chi connectivity index (χ3n) is 4.36. The van der Waals surface area contributed by atoms with Crippen molar-refractivity contribution in [2.24, 2.45) is 5.92 Å². The molecule has 0 saturated carbocycles. The number of carbonyl (C=O) groups excluding carboxylic acids is 1. The zero-order valence-electron chi connectivity index (χ0n) is 13.3. The third kappa shape index (κ3) is 3.06. The van der Waals surface area contributed by atoms with Crippen LogP contribution in [0.3, 0.4) is 0 Å². The summed E-state index contributed by atoms with van der Waals surface area (Å²) < 4.78 is 0. The van der Waals surface area contributed by atoms with Gasteiger partial charge in [-0.05, 0) is 19.3 Å². The molecule has 1 N–H and O–H groups in total. The molecule has 4 nitrogen and oxygen atoms in total. The average molecular weight is 297 g/mol. The first-order valence-electron chi connectivity index (χ1n) is 8.06. The molecule has 0 bridgehead atoms. The van der Waals surface area contributed by atoms with Gasteiger partial charge in [-0.15, -0.1) is 0 Å². The van der Waals surface area contributed by atoms with E-state index in [9.17, 15) is 4.79 Å². The second kappa shape index (κ2) is 6.34. The molecular formula is C18H23N3O. The van der Waals surface area contributed by atoms with Gasteiger partial charge in [0.25, 0.3) is 0 Å². The lowest BCUT2D eigenvalue weighted by atomic mass is 10.0. The molecule has 1 atom stereocenters. The van der Waals surface area contributed by atoms with E-state index in [1.807, 2.05) is 42.2 Å². The maximum absolute atomic E-state index is 12.1. The van der Waals surface area contributed by atoms with E-state index < -0.39 is 0 Å². The summed E-state index contributed by atoms with van der Waals surface area (Å²) in [6, 6.07) is 10.1. The van der Waals surface area contributed by atoms with Crippen molar-refractivity contribution in [3.63, 3.8) is 0 Å². The number of likely N-dealkylation sites (tertiary alicyclic amines) is 1. The number of nitrogens with zero attached hydrogens (tertiary/aromatic N) is 2. The van der Waals surface area contributed by atoms with Crippen LogP contribution in [0.2, 0.25) is 0 Å². The summed E-state index contributed by atoms with van der Waals surface area (Å²) in [7, 11) is 0. The molecule has 2 heterocycles. The fourth-order valence-corrected chi connectivity index (χ4v) is 3.17. The highest BCUT2D eigenvalue weighted by Crippen LogP contribution is 2.25. The van der Waals surface area contributed by atoms with Crippen LogP contribution in [0.5, 0.6) is 0 Å². The van der Waals surface area contributed by atoms with Gasteiger partial charge in [-0.2, -0.15) is 0 Å². The lowest BCUT2D eigenvalue weighted by Gasteiger charge is -2.15. The Morgan fingerprint density at radius 2 is 2.09 bits per heavy atom. The van der Waals surface area contributed by atoms with Gasteiger partial charge in [0.1, 0.15) is 5.82 Å². The first kappa shape index (κ1) is 14.8. The lowest BCUT2D eigenvalue weighted by molar-refractivity contribution is -0.128. The van der Waals surface area contributed by atoms with Crippen LogP contribution < -0.4 is 0 Å². The SMILES string of the molecule is CCCC1CC(=O)N(Cc2nc(-c3ccccc3)[nH]c2C)C1. The van der Waals surface area contributed by atoms with Crippen LogP contribution in [-0.2, 0) is 11.3 Å².